The first-order valence-electron chi connectivity index (χ1n) is 8.27. The first kappa shape index (κ1) is 15.1. The third-order valence-corrected chi connectivity index (χ3v) is 14.6. The number of methoxy groups -OCH3 is 1. The van der Waals surface area contributed by atoms with Gasteiger partial charge in [0.1, 0.15) is 0 Å². The fourth-order valence-electron chi connectivity index (χ4n) is 4.12. The Balaban J connectivity index is 1.94. The van der Waals surface area contributed by atoms with Crippen molar-refractivity contribution in [1.29, 1.82) is 0 Å². The molecule has 2 aromatic carbocycles. The van der Waals surface area contributed by atoms with E-state index in [0.29, 0.717) is 0 Å². The molecule has 0 aromatic heterocycles. The summed E-state index contributed by atoms with van der Waals surface area (Å²) >= 11 is -2.61. The van der Waals surface area contributed by atoms with E-state index in [9.17, 15) is 0 Å². The summed E-state index contributed by atoms with van der Waals surface area (Å²) in [5.74, 6) is 1.10. The van der Waals surface area contributed by atoms with Gasteiger partial charge in [-0.1, -0.05) is 0 Å². The van der Waals surface area contributed by atoms with Crippen LogP contribution in [0.3, 0.4) is 0 Å². The zero-order valence-electron chi connectivity index (χ0n) is 14.0. The number of benzene rings is 2. The van der Waals surface area contributed by atoms with E-state index in [0.717, 1.165) is 18.6 Å². The van der Waals surface area contributed by atoms with Gasteiger partial charge in [0, 0.05) is 0 Å². The first-order chi connectivity index (χ1) is 11.1. The molecule has 0 spiro atoms. The summed E-state index contributed by atoms with van der Waals surface area (Å²) in [6.07, 6.45) is 9.05. The van der Waals surface area contributed by atoms with Crippen molar-refractivity contribution in [3.63, 3.8) is 0 Å². The second kappa shape index (κ2) is 5.60. The van der Waals surface area contributed by atoms with Gasteiger partial charge in [-0.3, -0.25) is 0 Å². The van der Waals surface area contributed by atoms with E-state index in [1.165, 1.54) is 22.3 Å². The van der Waals surface area contributed by atoms with Crippen molar-refractivity contribution in [3.05, 3.63) is 69.0 Å². The average molecular weight is 382 g/mol. The molecule has 0 saturated heterocycles. The molecule has 0 aliphatic heterocycles. The molecule has 2 heteroatoms. The van der Waals surface area contributed by atoms with Crippen LogP contribution in [0.4, 0.5) is 0 Å². The van der Waals surface area contributed by atoms with Crippen molar-refractivity contribution in [1.82, 2.24) is 0 Å². The fourth-order valence-corrected chi connectivity index (χ4v) is 12.1. The van der Waals surface area contributed by atoms with Crippen molar-refractivity contribution in [2.45, 2.75) is 22.1 Å². The monoisotopic (exact) mass is 380 g/mol. The Bertz CT molecular complexity index is 843. The second-order valence-corrected chi connectivity index (χ2v) is 17.7. The molecule has 0 radical (unpaired) electrons. The summed E-state index contributed by atoms with van der Waals surface area (Å²) in [5, 5.41) is 0. The summed E-state index contributed by atoms with van der Waals surface area (Å²) in [4.78, 5) is 0. The van der Waals surface area contributed by atoms with E-state index in [1.54, 1.807) is 6.55 Å². The normalized spacial score (nSPS) is 15.3. The van der Waals surface area contributed by atoms with Crippen LogP contribution in [-0.2, 0) is 26.7 Å². The second-order valence-electron chi connectivity index (χ2n) is 6.95. The van der Waals surface area contributed by atoms with Crippen LogP contribution in [0.5, 0.6) is 5.75 Å². The third kappa shape index (κ3) is 2.31. The Morgan fingerprint density at radius 1 is 1.00 bits per heavy atom. The minimum absolute atomic E-state index is 1.05. The summed E-state index contributed by atoms with van der Waals surface area (Å²) < 4.78 is 14.1. The Morgan fingerprint density at radius 2 is 1.83 bits per heavy atom. The predicted octanol–water partition coefficient (Wildman–Crippen LogP) is 4.99. The molecule has 2 aliphatic rings. The Labute approximate surface area is 143 Å². The standard InChI is InChI=1S/C14H11O.C5H5.2CH3.Zr/c1-15-12-6-7-14-11(9-12)8-10-4-2-3-5-13(10)14;1-2-4-5-3-1;;;/h2-7H,8H2,1H3;1-3H,4H2;2*1H3;. The number of hydrogen-bond acceptors (Lipinski definition) is 1. The van der Waals surface area contributed by atoms with Gasteiger partial charge in [-0.25, -0.2) is 0 Å². The molecule has 2 aromatic rings. The van der Waals surface area contributed by atoms with Gasteiger partial charge in [0.15, 0.2) is 0 Å². The zero-order valence-corrected chi connectivity index (χ0v) is 16.5. The van der Waals surface area contributed by atoms with Gasteiger partial charge >= 0.3 is 143 Å². The molecule has 0 bridgehead atoms. The molecule has 2 aliphatic carbocycles. The van der Waals surface area contributed by atoms with Crippen LogP contribution in [0.2, 0.25) is 9.26 Å². The van der Waals surface area contributed by atoms with E-state index in [2.05, 4.69) is 63.9 Å². The molecule has 0 atom stereocenters. The van der Waals surface area contributed by atoms with Crippen LogP contribution in [0.15, 0.2) is 57.9 Å². The molecule has 1 nitrogen and oxygen atoms in total. The van der Waals surface area contributed by atoms with Crippen LogP contribution in [0, 0.1) is 0 Å². The number of fused-ring (bicyclic) bond motifs is 3. The zero-order chi connectivity index (χ0) is 16.0. The van der Waals surface area contributed by atoms with Crippen molar-refractivity contribution in [2.24, 2.45) is 0 Å². The Kier molecular flexibility index (Phi) is 3.69. The van der Waals surface area contributed by atoms with Gasteiger partial charge in [0.2, 0.25) is 0 Å². The molecule has 0 amide bonds. The van der Waals surface area contributed by atoms with Gasteiger partial charge in [0.05, 0.1) is 0 Å². The van der Waals surface area contributed by atoms with Gasteiger partial charge in [0.25, 0.3) is 0 Å². The SMILES string of the molecule is COc1ccc2c([c]1[Zr]([CH3])([CH3])[C]1=CC=CC1)Cc1ccccc1-2. The van der Waals surface area contributed by atoms with Crippen LogP contribution in [-0.4, -0.2) is 7.11 Å². The summed E-state index contributed by atoms with van der Waals surface area (Å²) in [6, 6.07) is 13.3. The molecular formula is C21H22OZr. The van der Waals surface area contributed by atoms with Gasteiger partial charge in [-0.15, -0.1) is 0 Å². The van der Waals surface area contributed by atoms with Crippen LogP contribution < -0.4 is 8.01 Å². The Hall–Kier alpha value is -1.40. The summed E-state index contributed by atoms with van der Waals surface area (Å²) in [7, 11) is 1.82. The third-order valence-electron chi connectivity index (χ3n) is 5.37. The van der Waals surface area contributed by atoms with Crippen LogP contribution >= 0.6 is 0 Å². The Morgan fingerprint density at radius 3 is 2.57 bits per heavy atom. The molecule has 0 heterocycles. The number of hydrogen-bond donors (Lipinski definition) is 0. The minimum atomic E-state index is -2.61. The quantitative estimate of drug-likeness (QED) is 0.621. The number of ether oxygens (including phenoxy) is 1. The van der Waals surface area contributed by atoms with E-state index in [-0.39, 0.29) is 0 Å². The molecular weight excluding hydrogens is 359 g/mol. The first-order valence-corrected chi connectivity index (χ1v) is 15.6. The van der Waals surface area contributed by atoms with Crippen LogP contribution in [0.1, 0.15) is 17.5 Å². The molecule has 4 rings (SSSR count). The van der Waals surface area contributed by atoms with Gasteiger partial charge in [-0.05, 0) is 0 Å². The number of rotatable bonds is 3. The van der Waals surface area contributed by atoms with E-state index < -0.39 is 20.3 Å². The van der Waals surface area contributed by atoms with Crippen molar-refractivity contribution in [3.8, 4) is 16.9 Å². The van der Waals surface area contributed by atoms with Crippen molar-refractivity contribution >= 4 is 3.27 Å². The van der Waals surface area contributed by atoms with E-state index >= 15 is 0 Å². The van der Waals surface area contributed by atoms with Crippen LogP contribution in [0.25, 0.3) is 11.1 Å². The van der Waals surface area contributed by atoms with Crippen molar-refractivity contribution < 1.29 is 25.0 Å². The molecule has 0 saturated carbocycles. The maximum absolute atomic E-state index is 5.82. The number of allylic oxidation sites excluding steroid dienone is 4. The van der Waals surface area contributed by atoms with E-state index in [1.807, 2.05) is 7.11 Å². The van der Waals surface area contributed by atoms with Crippen molar-refractivity contribution in [2.75, 3.05) is 7.11 Å². The van der Waals surface area contributed by atoms with Gasteiger partial charge < -0.3 is 0 Å². The predicted molar refractivity (Wildman–Crippen MR) is 94.4 cm³/mol. The average Bonchev–Trinajstić information content (AvgIpc) is 3.21. The summed E-state index contributed by atoms with van der Waals surface area (Å²) in [5.41, 5.74) is 5.82. The molecule has 23 heavy (non-hydrogen) atoms. The van der Waals surface area contributed by atoms with E-state index in [4.69, 9.17) is 4.74 Å². The van der Waals surface area contributed by atoms with Gasteiger partial charge in [-0.2, -0.15) is 0 Å². The topological polar surface area (TPSA) is 9.23 Å². The molecule has 0 N–H and O–H groups in total. The molecule has 0 unspecified atom stereocenters. The maximum atomic E-state index is 5.82. The molecule has 116 valence electrons. The summed E-state index contributed by atoms with van der Waals surface area (Å²) in [6.45, 7) is 0. The molecule has 0 fully saturated rings. The fraction of sp³-hybridized carbons (Fsp3) is 0.238.